The van der Waals surface area contributed by atoms with Crippen LogP contribution in [0.15, 0.2) is 101 Å². The van der Waals surface area contributed by atoms with Gasteiger partial charge >= 0.3 is 5.97 Å². The molecule has 0 N–H and O–H groups in total. The summed E-state index contributed by atoms with van der Waals surface area (Å²) in [6, 6.07) is 22.8. The van der Waals surface area contributed by atoms with E-state index in [1.807, 2.05) is 93.8 Å². The standard InChI is InChI=1S/C22H21N3O3.C20H19N3O/c1-4-28-22(27)15-24-11-10-20(13-21(24)26)25-14-19(23-17(25)3)9-8-18-7-5-6-16(2)12-18;1-14-6-5-7-17(12-14)8-9-19-15(2)23(16(3)21-19)18-10-11-22(4)20(24)13-18/h5-7,10-14H,4,15H2,1-3H3;5-7,10-13H,1-4H3. The average Bonchev–Trinajstić information content (AvgIpc) is 3.62. The highest BCUT2D eigenvalue weighted by Crippen LogP contribution is 2.16. The molecule has 0 saturated carbocycles. The van der Waals surface area contributed by atoms with Crippen LogP contribution in [-0.4, -0.2) is 40.8 Å². The number of pyridine rings is 2. The molecule has 2 aromatic carbocycles. The molecular weight excluding hydrogens is 652 g/mol. The zero-order valence-corrected chi connectivity index (χ0v) is 30.4. The molecule has 6 aromatic rings. The minimum atomic E-state index is -0.440. The van der Waals surface area contributed by atoms with Crippen molar-refractivity contribution in [3.05, 3.63) is 163 Å². The number of hydrogen-bond acceptors (Lipinski definition) is 6. The fraction of sp³-hybridized carbons (Fsp3) is 0.214. The van der Waals surface area contributed by atoms with E-state index in [9.17, 15) is 14.4 Å². The van der Waals surface area contributed by atoms with Crippen LogP contribution in [0.5, 0.6) is 0 Å². The Morgan fingerprint density at radius 1 is 0.731 bits per heavy atom. The van der Waals surface area contributed by atoms with Crippen LogP contribution in [0, 0.1) is 58.3 Å². The van der Waals surface area contributed by atoms with Crippen molar-refractivity contribution in [2.75, 3.05) is 6.61 Å². The summed E-state index contributed by atoms with van der Waals surface area (Å²) >= 11 is 0. The lowest BCUT2D eigenvalue weighted by molar-refractivity contribution is -0.143. The summed E-state index contributed by atoms with van der Waals surface area (Å²) in [4.78, 5) is 44.8. The maximum atomic E-state index is 12.3. The van der Waals surface area contributed by atoms with Gasteiger partial charge in [0.2, 0.25) is 0 Å². The second kappa shape index (κ2) is 16.4. The average molecular weight is 693 g/mol. The molecule has 0 saturated heterocycles. The van der Waals surface area contributed by atoms with E-state index in [4.69, 9.17) is 4.74 Å². The van der Waals surface area contributed by atoms with Crippen molar-refractivity contribution in [2.45, 2.75) is 48.1 Å². The molecule has 10 nitrogen and oxygen atoms in total. The molecule has 0 bridgehead atoms. The van der Waals surface area contributed by atoms with Crippen LogP contribution < -0.4 is 11.1 Å². The van der Waals surface area contributed by atoms with Crippen LogP contribution in [0.2, 0.25) is 0 Å². The van der Waals surface area contributed by atoms with Gasteiger partial charge in [-0.2, -0.15) is 0 Å². The SMILES string of the molecule is CCOC(=O)Cn1ccc(-n2cc(C#Cc3cccc(C)c3)nc2C)cc1=O.Cc1cccc(C#Cc2nc(C)n(-c3ccn(C)c(=O)c3)c2C)c1. The Bertz CT molecular complexity index is 2510. The number of carbonyl (C=O) groups excluding carboxylic acids is 1. The maximum Gasteiger partial charge on any atom is 0.326 e. The summed E-state index contributed by atoms with van der Waals surface area (Å²) in [6.45, 7) is 11.7. The van der Waals surface area contributed by atoms with E-state index in [1.165, 1.54) is 16.2 Å². The lowest BCUT2D eigenvalue weighted by Gasteiger charge is -2.08. The van der Waals surface area contributed by atoms with Gasteiger partial charge in [0.1, 0.15) is 29.6 Å². The lowest BCUT2D eigenvalue weighted by atomic mass is 10.1. The van der Waals surface area contributed by atoms with Crippen LogP contribution in [-0.2, 0) is 23.1 Å². The molecule has 10 heteroatoms. The minimum Gasteiger partial charge on any atom is -0.465 e. The van der Waals surface area contributed by atoms with Gasteiger partial charge in [-0.3, -0.25) is 19.0 Å². The molecule has 0 radical (unpaired) electrons. The molecule has 52 heavy (non-hydrogen) atoms. The fourth-order valence-electron chi connectivity index (χ4n) is 5.45. The van der Waals surface area contributed by atoms with Crippen LogP contribution in [0.25, 0.3) is 11.4 Å². The van der Waals surface area contributed by atoms with E-state index in [-0.39, 0.29) is 24.3 Å². The second-order valence-electron chi connectivity index (χ2n) is 12.2. The smallest absolute Gasteiger partial charge is 0.326 e. The highest BCUT2D eigenvalue weighted by molar-refractivity contribution is 5.69. The molecule has 4 aromatic heterocycles. The monoisotopic (exact) mass is 692 g/mol. The number of nitrogens with zero attached hydrogens (tertiary/aromatic N) is 6. The molecule has 262 valence electrons. The van der Waals surface area contributed by atoms with E-state index in [1.54, 1.807) is 53.8 Å². The van der Waals surface area contributed by atoms with Crippen molar-refractivity contribution >= 4 is 5.97 Å². The normalized spacial score (nSPS) is 10.3. The molecule has 0 spiro atoms. The second-order valence-corrected chi connectivity index (χ2v) is 12.2. The van der Waals surface area contributed by atoms with Gasteiger partial charge in [0.05, 0.1) is 23.7 Å². The van der Waals surface area contributed by atoms with Gasteiger partial charge in [-0.05, 0) is 101 Å². The molecule has 0 aliphatic heterocycles. The molecule has 0 unspecified atom stereocenters. The van der Waals surface area contributed by atoms with Crippen LogP contribution in [0.3, 0.4) is 0 Å². The number of rotatable bonds is 5. The minimum absolute atomic E-state index is 0.0487. The van der Waals surface area contributed by atoms with E-state index in [2.05, 4.69) is 33.6 Å². The maximum absolute atomic E-state index is 12.3. The Kier molecular flexibility index (Phi) is 11.5. The van der Waals surface area contributed by atoms with E-state index < -0.39 is 5.97 Å². The van der Waals surface area contributed by atoms with Gasteiger partial charge in [0, 0.05) is 48.9 Å². The molecule has 0 aliphatic carbocycles. The molecular formula is C42H40N6O4. The summed E-state index contributed by atoms with van der Waals surface area (Å²) in [5.74, 6) is 13.6. The molecule has 6 rings (SSSR count). The van der Waals surface area contributed by atoms with Gasteiger partial charge in [-0.15, -0.1) is 0 Å². The van der Waals surface area contributed by atoms with Crippen molar-refractivity contribution in [3.63, 3.8) is 0 Å². The van der Waals surface area contributed by atoms with Gasteiger partial charge in [0.25, 0.3) is 11.1 Å². The Balaban J connectivity index is 0.000000203. The Hall–Kier alpha value is -6.65. The van der Waals surface area contributed by atoms with Gasteiger partial charge in [-0.1, -0.05) is 36.1 Å². The Morgan fingerprint density at radius 3 is 1.98 bits per heavy atom. The van der Waals surface area contributed by atoms with Crippen molar-refractivity contribution in [1.29, 1.82) is 0 Å². The molecule has 4 heterocycles. The molecule has 0 fully saturated rings. The summed E-state index contributed by atoms with van der Waals surface area (Å²) < 4.78 is 11.5. The van der Waals surface area contributed by atoms with Crippen LogP contribution >= 0.6 is 0 Å². The zero-order chi connectivity index (χ0) is 37.4. The molecule has 0 atom stereocenters. The van der Waals surface area contributed by atoms with E-state index in [0.29, 0.717) is 11.4 Å². The number of imidazole rings is 2. The van der Waals surface area contributed by atoms with E-state index in [0.717, 1.165) is 45.4 Å². The largest absolute Gasteiger partial charge is 0.465 e. The first-order chi connectivity index (χ1) is 24.9. The summed E-state index contributed by atoms with van der Waals surface area (Å²) in [5, 5.41) is 0. The predicted octanol–water partition coefficient (Wildman–Crippen LogP) is 5.51. The first kappa shape index (κ1) is 36.6. The van der Waals surface area contributed by atoms with Crippen molar-refractivity contribution in [1.82, 2.24) is 28.2 Å². The Morgan fingerprint density at radius 2 is 1.37 bits per heavy atom. The third-order valence-electron chi connectivity index (χ3n) is 8.06. The van der Waals surface area contributed by atoms with Crippen molar-refractivity contribution in [3.8, 4) is 35.1 Å². The summed E-state index contributed by atoms with van der Waals surface area (Å²) in [6.07, 6.45) is 5.13. The number of esters is 1. The van der Waals surface area contributed by atoms with Crippen molar-refractivity contribution in [2.24, 2.45) is 7.05 Å². The first-order valence-electron chi connectivity index (χ1n) is 16.7. The number of carbonyl (C=O) groups is 1. The summed E-state index contributed by atoms with van der Waals surface area (Å²) in [7, 11) is 1.73. The molecule has 0 amide bonds. The first-order valence-corrected chi connectivity index (χ1v) is 16.7. The van der Waals surface area contributed by atoms with Gasteiger partial charge in [0.15, 0.2) is 0 Å². The highest BCUT2D eigenvalue weighted by atomic mass is 16.5. The summed E-state index contributed by atoms with van der Waals surface area (Å²) in [5.41, 5.74) is 7.65. The third kappa shape index (κ3) is 9.12. The van der Waals surface area contributed by atoms with Crippen LogP contribution in [0.4, 0.5) is 0 Å². The lowest BCUT2D eigenvalue weighted by Crippen LogP contribution is -2.24. The third-order valence-corrected chi connectivity index (χ3v) is 8.06. The van der Waals surface area contributed by atoms with E-state index >= 15 is 0 Å². The molecule has 0 aliphatic rings. The number of ether oxygens (including phenoxy) is 1. The van der Waals surface area contributed by atoms with Gasteiger partial charge in [-0.25, -0.2) is 9.97 Å². The quantitative estimate of drug-likeness (QED) is 0.174. The topological polar surface area (TPSA) is 106 Å². The number of hydrogen-bond donors (Lipinski definition) is 0. The zero-order valence-electron chi connectivity index (χ0n) is 30.4. The van der Waals surface area contributed by atoms with Gasteiger partial charge < -0.3 is 18.4 Å². The predicted molar refractivity (Wildman–Crippen MR) is 202 cm³/mol. The number of aryl methyl sites for hydroxylation is 5. The number of benzene rings is 2. The van der Waals surface area contributed by atoms with Crippen molar-refractivity contribution < 1.29 is 9.53 Å². The highest BCUT2D eigenvalue weighted by Gasteiger charge is 2.12. The Labute approximate surface area is 303 Å². The fourth-order valence-corrected chi connectivity index (χ4v) is 5.45. The number of aromatic nitrogens is 6. The van der Waals surface area contributed by atoms with Crippen LogP contribution in [0.1, 0.15) is 57.9 Å².